The molecule has 138 valence electrons. The maximum Gasteiger partial charge on any atom is 0.224 e. The number of benzene rings is 2. The Kier molecular flexibility index (Phi) is 6.64. The third-order valence-electron chi connectivity index (χ3n) is 4.53. The lowest BCUT2D eigenvalue weighted by Gasteiger charge is -2.10. The number of halogens is 1. The standard InChI is InChI=1S/C20H22N2O3.ClH/c1-25-16-7-8-17(21)18(12-16)22-20(24)10-9-19(23)15-6-5-13-3-2-4-14(13)11-15;/h5-8,11-12H,2-4,9-10,21H2,1H3,(H,22,24);1H. The summed E-state index contributed by atoms with van der Waals surface area (Å²) in [7, 11) is 1.55. The molecule has 0 heterocycles. The van der Waals surface area contributed by atoms with E-state index in [1.54, 1.807) is 25.3 Å². The van der Waals surface area contributed by atoms with Gasteiger partial charge < -0.3 is 15.8 Å². The highest BCUT2D eigenvalue weighted by Crippen LogP contribution is 2.25. The number of anilines is 2. The fourth-order valence-electron chi connectivity index (χ4n) is 3.10. The zero-order valence-corrected chi connectivity index (χ0v) is 15.5. The van der Waals surface area contributed by atoms with E-state index in [-0.39, 0.29) is 36.9 Å². The van der Waals surface area contributed by atoms with Gasteiger partial charge in [-0.25, -0.2) is 0 Å². The van der Waals surface area contributed by atoms with Gasteiger partial charge in [0.15, 0.2) is 5.78 Å². The Bertz CT molecular complexity index is 821. The van der Waals surface area contributed by atoms with Crippen LogP contribution in [0, 0.1) is 0 Å². The minimum Gasteiger partial charge on any atom is -0.497 e. The topological polar surface area (TPSA) is 81.4 Å². The van der Waals surface area contributed by atoms with Gasteiger partial charge in [0.05, 0.1) is 18.5 Å². The Morgan fingerprint density at radius 3 is 2.62 bits per heavy atom. The number of nitrogen functional groups attached to an aromatic ring is 1. The highest BCUT2D eigenvalue weighted by atomic mass is 35.5. The molecule has 0 saturated carbocycles. The number of Topliss-reactive ketones (excluding diaryl/α,β-unsaturated/α-hetero) is 1. The lowest BCUT2D eigenvalue weighted by molar-refractivity contribution is -0.116. The van der Waals surface area contributed by atoms with Crippen LogP contribution in [0.4, 0.5) is 11.4 Å². The molecule has 3 rings (SSSR count). The predicted molar refractivity (Wildman–Crippen MR) is 105 cm³/mol. The van der Waals surface area contributed by atoms with Crippen molar-refractivity contribution in [1.29, 1.82) is 0 Å². The molecule has 0 bridgehead atoms. The average molecular weight is 375 g/mol. The van der Waals surface area contributed by atoms with Crippen LogP contribution >= 0.6 is 12.4 Å². The van der Waals surface area contributed by atoms with Crippen molar-refractivity contribution in [3.63, 3.8) is 0 Å². The molecule has 0 spiro atoms. The van der Waals surface area contributed by atoms with E-state index in [2.05, 4.69) is 5.32 Å². The molecule has 1 aliphatic carbocycles. The lowest BCUT2D eigenvalue weighted by atomic mass is 10.0. The van der Waals surface area contributed by atoms with E-state index in [0.29, 0.717) is 22.7 Å². The molecule has 26 heavy (non-hydrogen) atoms. The van der Waals surface area contributed by atoms with Crippen LogP contribution in [0.1, 0.15) is 40.7 Å². The van der Waals surface area contributed by atoms with Gasteiger partial charge in [0.25, 0.3) is 0 Å². The predicted octanol–water partition coefficient (Wildman–Crippen LogP) is 3.79. The van der Waals surface area contributed by atoms with Gasteiger partial charge in [-0.05, 0) is 48.6 Å². The summed E-state index contributed by atoms with van der Waals surface area (Å²) in [6.07, 6.45) is 3.57. The molecule has 0 fully saturated rings. The van der Waals surface area contributed by atoms with Crippen molar-refractivity contribution in [2.24, 2.45) is 0 Å². The van der Waals surface area contributed by atoms with Gasteiger partial charge in [-0.1, -0.05) is 12.1 Å². The number of rotatable bonds is 6. The number of nitrogens with one attached hydrogen (secondary N) is 1. The second kappa shape index (κ2) is 8.72. The van der Waals surface area contributed by atoms with E-state index >= 15 is 0 Å². The molecule has 0 aromatic heterocycles. The van der Waals surface area contributed by atoms with Crippen molar-refractivity contribution < 1.29 is 14.3 Å². The third-order valence-corrected chi connectivity index (χ3v) is 4.53. The van der Waals surface area contributed by atoms with Crippen molar-refractivity contribution in [2.75, 3.05) is 18.2 Å². The Labute approximate surface area is 159 Å². The molecule has 1 aliphatic rings. The van der Waals surface area contributed by atoms with Crippen LogP contribution in [0.3, 0.4) is 0 Å². The van der Waals surface area contributed by atoms with Crippen molar-refractivity contribution in [2.45, 2.75) is 32.1 Å². The van der Waals surface area contributed by atoms with Gasteiger partial charge in [0, 0.05) is 24.5 Å². The molecular weight excluding hydrogens is 352 g/mol. The summed E-state index contributed by atoms with van der Waals surface area (Å²) in [6.45, 7) is 0. The van der Waals surface area contributed by atoms with E-state index < -0.39 is 0 Å². The number of ether oxygens (including phenoxy) is 1. The smallest absolute Gasteiger partial charge is 0.224 e. The number of hydrogen-bond donors (Lipinski definition) is 2. The van der Waals surface area contributed by atoms with E-state index in [1.807, 2.05) is 18.2 Å². The fourth-order valence-corrected chi connectivity index (χ4v) is 3.10. The summed E-state index contributed by atoms with van der Waals surface area (Å²) in [4.78, 5) is 24.5. The Balaban J connectivity index is 0.00000243. The quantitative estimate of drug-likeness (QED) is 0.595. The van der Waals surface area contributed by atoms with Gasteiger partial charge in [-0.3, -0.25) is 9.59 Å². The first-order chi connectivity index (χ1) is 12.1. The van der Waals surface area contributed by atoms with Gasteiger partial charge in [-0.15, -0.1) is 12.4 Å². The van der Waals surface area contributed by atoms with Crippen LogP contribution in [0.5, 0.6) is 5.75 Å². The van der Waals surface area contributed by atoms with Gasteiger partial charge >= 0.3 is 0 Å². The molecule has 5 nitrogen and oxygen atoms in total. The largest absolute Gasteiger partial charge is 0.497 e. The molecule has 0 saturated heterocycles. The number of carbonyl (C=O) groups excluding carboxylic acids is 2. The first-order valence-corrected chi connectivity index (χ1v) is 8.45. The molecule has 0 atom stereocenters. The SMILES string of the molecule is COc1ccc(N)c(NC(=O)CCC(=O)c2ccc3c(c2)CCC3)c1.Cl. The van der Waals surface area contributed by atoms with E-state index in [9.17, 15) is 9.59 Å². The number of methoxy groups -OCH3 is 1. The van der Waals surface area contributed by atoms with Crippen molar-refractivity contribution >= 4 is 35.5 Å². The Hall–Kier alpha value is -2.53. The summed E-state index contributed by atoms with van der Waals surface area (Å²) in [5, 5.41) is 2.74. The average Bonchev–Trinajstić information content (AvgIpc) is 3.09. The maximum absolute atomic E-state index is 12.3. The molecule has 0 aliphatic heterocycles. The summed E-state index contributed by atoms with van der Waals surface area (Å²) in [5.74, 6) is 0.358. The molecule has 3 N–H and O–H groups in total. The molecular formula is C20H23ClN2O3. The maximum atomic E-state index is 12.3. The van der Waals surface area contributed by atoms with Crippen LogP contribution in [0.15, 0.2) is 36.4 Å². The molecule has 6 heteroatoms. The number of ketones is 1. The number of hydrogen-bond acceptors (Lipinski definition) is 4. The van der Waals surface area contributed by atoms with Crippen LogP contribution in [-0.2, 0) is 17.6 Å². The second-order valence-electron chi connectivity index (χ2n) is 6.26. The number of carbonyl (C=O) groups is 2. The van der Waals surface area contributed by atoms with Gasteiger partial charge in [0.1, 0.15) is 5.75 Å². The number of amides is 1. The minimum atomic E-state index is -0.241. The normalized spacial score (nSPS) is 12.0. The van der Waals surface area contributed by atoms with Crippen LogP contribution in [0.2, 0.25) is 0 Å². The van der Waals surface area contributed by atoms with Gasteiger partial charge in [-0.2, -0.15) is 0 Å². The third kappa shape index (κ3) is 4.55. The van der Waals surface area contributed by atoms with Crippen molar-refractivity contribution in [3.8, 4) is 5.75 Å². The fraction of sp³-hybridized carbons (Fsp3) is 0.300. The monoisotopic (exact) mass is 374 g/mol. The first-order valence-electron chi connectivity index (χ1n) is 8.45. The number of fused-ring (bicyclic) bond motifs is 1. The Morgan fingerprint density at radius 2 is 1.85 bits per heavy atom. The molecule has 2 aromatic rings. The van der Waals surface area contributed by atoms with E-state index in [0.717, 1.165) is 19.3 Å². The number of nitrogens with two attached hydrogens (primary N) is 1. The number of aryl methyl sites for hydroxylation is 2. The second-order valence-corrected chi connectivity index (χ2v) is 6.26. The molecule has 2 aromatic carbocycles. The zero-order chi connectivity index (χ0) is 17.8. The summed E-state index contributed by atoms with van der Waals surface area (Å²) in [6, 6.07) is 10.9. The lowest BCUT2D eigenvalue weighted by Crippen LogP contribution is -2.14. The summed E-state index contributed by atoms with van der Waals surface area (Å²) < 4.78 is 5.12. The van der Waals surface area contributed by atoms with Crippen molar-refractivity contribution in [1.82, 2.24) is 0 Å². The van der Waals surface area contributed by atoms with Crippen LogP contribution < -0.4 is 15.8 Å². The molecule has 1 amide bonds. The highest BCUT2D eigenvalue weighted by molar-refractivity contribution is 6.01. The van der Waals surface area contributed by atoms with E-state index in [1.165, 1.54) is 11.1 Å². The summed E-state index contributed by atoms with van der Waals surface area (Å²) >= 11 is 0. The van der Waals surface area contributed by atoms with Gasteiger partial charge in [0.2, 0.25) is 5.91 Å². The van der Waals surface area contributed by atoms with Crippen molar-refractivity contribution in [3.05, 3.63) is 53.1 Å². The molecule has 0 unspecified atom stereocenters. The van der Waals surface area contributed by atoms with E-state index in [4.69, 9.17) is 10.5 Å². The van der Waals surface area contributed by atoms with Crippen LogP contribution in [-0.4, -0.2) is 18.8 Å². The first kappa shape index (κ1) is 19.8. The molecule has 0 radical (unpaired) electrons. The van der Waals surface area contributed by atoms with Crippen LogP contribution in [0.25, 0.3) is 0 Å². The summed E-state index contributed by atoms with van der Waals surface area (Å²) in [5.41, 5.74) is 10.1. The minimum absolute atomic E-state index is 0. The zero-order valence-electron chi connectivity index (χ0n) is 14.7. The Morgan fingerprint density at radius 1 is 1.08 bits per heavy atom. The highest BCUT2D eigenvalue weighted by Gasteiger charge is 2.15.